The number of hydrogen-bond acceptors (Lipinski definition) is 1. The Hall–Kier alpha value is -1.64. The van der Waals surface area contributed by atoms with Crippen molar-refractivity contribution in [2.75, 3.05) is 19.6 Å². The number of aliphatic hydroxyl groups excluding tert-OH is 1. The van der Waals surface area contributed by atoms with Crippen LogP contribution in [0.4, 0.5) is 0 Å². The van der Waals surface area contributed by atoms with Crippen molar-refractivity contribution in [2.45, 2.75) is 31.8 Å². The Morgan fingerprint density at radius 2 is 1.45 bits per heavy atom. The molecule has 1 saturated heterocycles. The molecule has 0 unspecified atom stereocenters. The van der Waals surface area contributed by atoms with E-state index in [0.29, 0.717) is 0 Å². The van der Waals surface area contributed by atoms with E-state index < -0.39 is 0 Å². The molecular formula is C20H26NO+. The monoisotopic (exact) mass is 296 g/mol. The first-order valence-corrected chi connectivity index (χ1v) is 8.50. The van der Waals surface area contributed by atoms with Gasteiger partial charge >= 0.3 is 0 Å². The summed E-state index contributed by atoms with van der Waals surface area (Å²) in [5.41, 5.74) is 3.47. The van der Waals surface area contributed by atoms with Crippen molar-refractivity contribution in [1.82, 2.24) is 0 Å². The molecule has 0 saturated carbocycles. The van der Waals surface area contributed by atoms with Crippen LogP contribution in [0.3, 0.4) is 0 Å². The molecule has 2 nitrogen and oxygen atoms in total. The summed E-state index contributed by atoms with van der Waals surface area (Å²) in [5.74, 6) is 0. The van der Waals surface area contributed by atoms with E-state index in [1.54, 1.807) is 4.90 Å². The molecule has 1 aliphatic rings. The Labute approximate surface area is 133 Å². The lowest BCUT2D eigenvalue weighted by Crippen LogP contribution is -3.12. The molecule has 22 heavy (non-hydrogen) atoms. The number of hydrogen-bond donors (Lipinski definition) is 2. The first-order valence-electron chi connectivity index (χ1n) is 8.50. The number of likely N-dealkylation sites (tertiary alicyclic amines) is 1. The molecule has 2 N–H and O–H groups in total. The Balaban J connectivity index is 1.57. The summed E-state index contributed by atoms with van der Waals surface area (Å²) in [6, 6.07) is 18.7. The molecule has 3 rings (SSSR count). The van der Waals surface area contributed by atoms with E-state index in [9.17, 15) is 5.11 Å². The maximum Gasteiger partial charge on any atom is 0.0843 e. The summed E-state index contributed by atoms with van der Waals surface area (Å²) in [5, 5.41) is 10.4. The molecule has 0 bridgehead atoms. The zero-order valence-corrected chi connectivity index (χ0v) is 13.2. The van der Waals surface area contributed by atoms with Crippen molar-refractivity contribution < 1.29 is 10.0 Å². The molecule has 0 radical (unpaired) electrons. The van der Waals surface area contributed by atoms with Gasteiger partial charge in [0.05, 0.1) is 25.7 Å². The minimum absolute atomic E-state index is 0.334. The predicted molar refractivity (Wildman–Crippen MR) is 90.9 cm³/mol. The highest BCUT2D eigenvalue weighted by Gasteiger charge is 2.16. The van der Waals surface area contributed by atoms with E-state index in [0.717, 1.165) is 18.5 Å². The summed E-state index contributed by atoms with van der Waals surface area (Å²) in [4.78, 5) is 1.66. The second-order valence-electron chi connectivity index (χ2n) is 6.35. The van der Waals surface area contributed by atoms with Crippen molar-refractivity contribution in [3.05, 3.63) is 60.2 Å². The van der Waals surface area contributed by atoms with Crippen LogP contribution in [0.15, 0.2) is 54.6 Å². The van der Waals surface area contributed by atoms with Crippen LogP contribution in [-0.4, -0.2) is 24.7 Å². The molecule has 0 amide bonds. The number of piperidine rings is 1. The van der Waals surface area contributed by atoms with E-state index >= 15 is 0 Å². The predicted octanol–water partition coefficient (Wildman–Crippen LogP) is 2.85. The number of rotatable bonds is 5. The molecular weight excluding hydrogens is 270 g/mol. The number of nitrogens with one attached hydrogen (secondary N) is 1. The van der Waals surface area contributed by atoms with Crippen LogP contribution in [0.25, 0.3) is 11.1 Å². The zero-order chi connectivity index (χ0) is 15.2. The van der Waals surface area contributed by atoms with Gasteiger partial charge in [-0.2, -0.15) is 0 Å². The minimum Gasteiger partial charge on any atom is -0.388 e. The lowest BCUT2D eigenvalue weighted by molar-refractivity contribution is -0.905. The molecule has 0 aliphatic carbocycles. The van der Waals surface area contributed by atoms with Gasteiger partial charge in [-0.05, 0) is 36.0 Å². The van der Waals surface area contributed by atoms with E-state index in [2.05, 4.69) is 48.5 Å². The maximum atomic E-state index is 10.4. The van der Waals surface area contributed by atoms with Gasteiger partial charge in [-0.3, -0.25) is 0 Å². The van der Waals surface area contributed by atoms with Crippen LogP contribution in [0.2, 0.25) is 0 Å². The average Bonchev–Trinajstić information content (AvgIpc) is 2.61. The van der Waals surface area contributed by atoms with E-state index in [1.807, 2.05) is 6.07 Å². The SMILES string of the molecule is O[C@@H](CC[NH+]1CCCCC1)c1ccc(-c2ccccc2)cc1. The highest BCUT2D eigenvalue weighted by molar-refractivity contribution is 5.63. The van der Waals surface area contributed by atoms with Crippen LogP contribution in [0.5, 0.6) is 0 Å². The Kier molecular flexibility index (Phi) is 5.25. The first kappa shape index (κ1) is 15.3. The first-order chi connectivity index (χ1) is 10.8. The van der Waals surface area contributed by atoms with Gasteiger partial charge in [-0.1, -0.05) is 54.6 Å². The van der Waals surface area contributed by atoms with Crippen molar-refractivity contribution in [2.24, 2.45) is 0 Å². The minimum atomic E-state index is -0.334. The normalized spacial score (nSPS) is 17.3. The highest BCUT2D eigenvalue weighted by atomic mass is 16.3. The fraction of sp³-hybridized carbons (Fsp3) is 0.400. The maximum absolute atomic E-state index is 10.4. The van der Waals surface area contributed by atoms with Gasteiger partial charge in [-0.15, -0.1) is 0 Å². The van der Waals surface area contributed by atoms with Crippen LogP contribution in [0, 0.1) is 0 Å². The van der Waals surface area contributed by atoms with Gasteiger partial charge < -0.3 is 10.0 Å². The standard InChI is InChI=1S/C20H25NO/c22-20(13-16-21-14-5-2-6-15-21)19-11-9-18(10-12-19)17-7-3-1-4-8-17/h1,3-4,7-12,20,22H,2,5-6,13-16H2/p+1/t20-/m0/s1. The number of benzene rings is 2. The Morgan fingerprint density at radius 1 is 0.818 bits per heavy atom. The second-order valence-corrected chi connectivity index (χ2v) is 6.35. The van der Waals surface area contributed by atoms with Gasteiger partial charge in [0.1, 0.15) is 0 Å². The van der Waals surface area contributed by atoms with Gasteiger partial charge in [0, 0.05) is 6.42 Å². The van der Waals surface area contributed by atoms with Gasteiger partial charge in [0.15, 0.2) is 0 Å². The molecule has 0 aromatic heterocycles. The van der Waals surface area contributed by atoms with Crippen molar-refractivity contribution in [1.29, 1.82) is 0 Å². The fourth-order valence-corrected chi connectivity index (χ4v) is 3.34. The summed E-state index contributed by atoms with van der Waals surface area (Å²) in [6.07, 6.45) is 4.60. The molecule has 1 heterocycles. The van der Waals surface area contributed by atoms with Crippen LogP contribution < -0.4 is 4.90 Å². The van der Waals surface area contributed by atoms with Crippen molar-refractivity contribution >= 4 is 0 Å². The average molecular weight is 296 g/mol. The molecule has 1 aliphatic heterocycles. The summed E-state index contributed by atoms with van der Waals surface area (Å²) >= 11 is 0. The third-order valence-corrected chi connectivity index (χ3v) is 4.73. The van der Waals surface area contributed by atoms with E-state index in [4.69, 9.17) is 0 Å². The lowest BCUT2D eigenvalue weighted by atomic mass is 10.0. The zero-order valence-electron chi connectivity index (χ0n) is 13.2. The van der Waals surface area contributed by atoms with Gasteiger partial charge in [0.2, 0.25) is 0 Å². The third-order valence-electron chi connectivity index (χ3n) is 4.73. The Bertz CT molecular complexity index is 558. The second kappa shape index (κ2) is 7.57. The fourth-order valence-electron chi connectivity index (χ4n) is 3.34. The molecule has 2 aromatic carbocycles. The molecule has 2 aromatic rings. The number of quaternary nitrogens is 1. The quantitative estimate of drug-likeness (QED) is 0.871. The smallest absolute Gasteiger partial charge is 0.0843 e. The molecule has 1 atom stereocenters. The lowest BCUT2D eigenvalue weighted by Gasteiger charge is -2.24. The summed E-state index contributed by atoms with van der Waals surface area (Å²) < 4.78 is 0. The van der Waals surface area contributed by atoms with Crippen molar-refractivity contribution in [3.8, 4) is 11.1 Å². The molecule has 1 fully saturated rings. The number of aliphatic hydroxyl groups is 1. The summed E-state index contributed by atoms with van der Waals surface area (Å²) in [7, 11) is 0. The van der Waals surface area contributed by atoms with Gasteiger partial charge in [-0.25, -0.2) is 0 Å². The molecule has 0 spiro atoms. The van der Waals surface area contributed by atoms with Crippen LogP contribution >= 0.6 is 0 Å². The highest BCUT2D eigenvalue weighted by Crippen LogP contribution is 2.22. The van der Waals surface area contributed by atoms with Gasteiger partial charge in [0.25, 0.3) is 0 Å². The van der Waals surface area contributed by atoms with E-state index in [1.165, 1.54) is 43.5 Å². The summed E-state index contributed by atoms with van der Waals surface area (Å²) in [6.45, 7) is 3.64. The Morgan fingerprint density at radius 3 is 2.14 bits per heavy atom. The van der Waals surface area contributed by atoms with Crippen LogP contribution in [0.1, 0.15) is 37.4 Å². The topological polar surface area (TPSA) is 24.7 Å². The van der Waals surface area contributed by atoms with Crippen LogP contribution in [-0.2, 0) is 0 Å². The third kappa shape index (κ3) is 3.96. The molecule has 116 valence electrons. The van der Waals surface area contributed by atoms with E-state index in [-0.39, 0.29) is 6.10 Å². The molecule has 2 heteroatoms. The van der Waals surface area contributed by atoms with Crippen molar-refractivity contribution in [3.63, 3.8) is 0 Å². The largest absolute Gasteiger partial charge is 0.388 e.